The summed E-state index contributed by atoms with van der Waals surface area (Å²) in [5.41, 5.74) is 2.41. The van der Waals surface area contributed by atoms with Gasteiger partial charge >= 0.3 is 0 Å². The van der Waals surface area contributed by atoms with Crippen LogP contribution in [0.25, 0.3) is 0 Å². The number of hydrogen-bond donors (Lipinski definition) is 1. The number of aryl methyl sites for hydroxylation is 1. The van der Waals surface area contributed by atoms with Crippen LogP contribution in [0.5, 0.6) is 0 Å². The van der Waals surface area contributed by atoms with Crippen molar-refractivity contribution in [3.8, 4) is 0 Å². The number of halogens is 3. The molecule has 0 saturated heterocycles. The Morgan fingerprint density at radius 3 is 2.37 bits per heavy atom. The van der Waals surface area contributed by atoms with Gasteiger partial charge in [-0.05, 0) is 58.7 Å². The van der Waals surface area contributed by atoms with Crippen LogP contribution in [0, 0.1) is 6.92 Å². The van der Waals surface area contributed by atoms with Gasteiger partial charge in [0.2, 0.25) is 0 Å². The Morgan fingerprint density at radius 2 is 1.63 bits per heavy atom. The summed E-state index contributed by atoms with van der Waals surface area (Å²) in [6.07, 6.45) is 0. The third-order valence-electron chi connectivity index (χ3n) is 2.62. The van der Waals surface area contributed by atoms with Crippen molar-refractivity contribution in [2.45, 2.75) is 6.92 Å². The van der Waals surface area contributed by atoms with Gasteiger partial charge in [0, 0.05) is 19.1 Å². The van der Waals surface area contributed by atoms with E-state index in [1.165, 1.54) is 0 Å². The van der Waals surface area contributed by atoms with Crippen LogP contribution in [0.15, 0.2) is 49.8 Å². The molecule has 2 aromatic rings. The van der Waals surface area contributed by atoms with Gasteiger partial charge in [0.25, 0.3) is 5.91 Å². The molecule has 98 valence electrons. The molecular formula is C14H10Br3NO. The Balaban J connectivity index is 2.30. The Morgan fingerprint density at radius 1 is 1.00 bits per heavy atom. The first-order valence-corrected chi connectivity index (χ1v) is 7.88. The second-order valence-electron chi connectivity index (χ2n) is 4.04. The molecule has 1 N–H and O–H groups in total. The normalized spacial score (nSPS) is 10.3. The van der Waals surface area contributed by atoms with Crippen molar-refractivity contribution in [2.75, 3.05) is 5.32 Å². The van der Waals surface area contributed by atoms with E-state index < -0.39 is 0 Å². The van der Waals surface area contributed by atoms with E-state index in [1.54, 1.807) is 6.07 Å². The minimum atomic E-state index is -0.144. The number of carbonyl (C=O) groups is 1. The maximum Gasteiger partial charge on any atom is 0.256 e. The number of nitrogens with one attached hydrogen (secondary N) is 1. The van der Waals surface area contributed by atoms with Crippen LogP contribution in [0.3, 0.4) is 0 Å². The highest BCUT2D eigenvalue weighted by molar-refractivity contribution is 9.11. The van der Waals surface area contributed by atoms with Crippen LogP contribution in [0.4, 0.5) is 5.69 Å². The smallest absolute Gasteiger partial charge is 0.256 e. The molecule has 0 radical (unpaired) electrons. The molecule has 1 amide bonds. The quantitative estimate of drug-likeness (QED) is 0.643. The van der Waals surface area contributed by atoms with Crippen molar-refractivity contribution in [1.82, 2.24) is 0 Å². The number of benzene rings is 2. The summed E-state index contributed by atoms with van der Waals surface area (Å²) in [5.74, 6) is -0.144. The van der Waals surface area contributed by atoms with E-state index in [9.17, 15) is 4.79 Å². The molecule has 0 unspecified atom stereocenters. The molecule has 0 heterocycles. The molecule has 0 bridgehead atoms. The summed E-state index contributed by atoms with van der Waals surface area (Å²) in [5, 5.41) is 2.92. The molecule has 5 heteroatoms. The van der Waals surface area contributed by atoms with E-state index in [1.807, 2.05) is 37.3 Å². The summed E-state index contributed by atoms with van der Waals surface area (Å²) in [7, 11) is 0. The molecule has 0 spiro atoms. The fourth-order valence-corrected chi connectivity index (χ4v) is 2.74. The van der Waals surface area contributed by atoms with E-state index in [-0.39, 0.29) is 5.91 Å². The summed E-state index contributed by atoms with van der Waals surface area (Å²) >= 11 is 10.2. The van der Waals surface area contributed by atoms with Crippen LogP contribution in [-0.2, 0) is 0 Å². The second-order valence-corrected chi connectivity index (χ2v) is 6.72. The molecule has 2 aromatic carbocycles. The molecule has 19 heavy (non-hydrogen) atoms. The molecule has 0 saturated carbocycles. The number of carbonyl (C=O) groups excluding carboxylic acids is 1. The second kappa shape index (κ2) is 6.20. The van der Waals surface area contributed by atoms with Crippen molar-refractivity contribution in [3.05, 3.63) is 60.9 Å². The van der Waals surface area contributed by atoms with Crippen molar-refractivity contribution < 1.29 is 4.79 Å². The molecule has 0 atom stereocenters. The minimum Gasteiger partial charge on any atom is -0.322 e. The molecule has 0 aliphatic heterocycles. The van der Waals surface area contributed by atoms with E-state index in [0.717, 1.165) is 24.7 Å². The van der Waals surface area contributed by atoms with Crippen LogP contribution in [0.2, 0.25) is 0 Å². The fraction of sp³-hybridized carbons (Fsp3) is 0.0714. The Hall–Kier alpha value is -0.650. The zero-order valence-corrected chi connectivity index (χ0v) is 14.8. The lowest BCUT2D eigenvalue weighted by Crippen LogP contribution is -2.13. The van der Waals surface area contributed by atoms with Crippen molar-refractivity contribution >= 4 is 59.4 Å². The highest BCUT2D eigenvalue weighted by Gasteiger charge is 2.12. The van der Waals surface area contributed by atoms with E-state index >= 15 is 0 Å². The van der Waals surface area contributed by atoms with Crippen LogP contribution in [-0.4, -0.2) is 5.91 Å². The van der Waals surface area contributed by atoms with E-state index in [2.05, 4.69) is 53.1 Å². The molecular weight excluding hydrogens is 438 g/mol. The maximum absolute atomic E-state index is 12.3. The van der Waals surface area contributed by atoms with Crippen LogP contribution < -0.4 is 5.32 Å². The van der Waals surface area contributed by atoms with Gasteiger partial charge in [0.05, 0.1) is 5.56 Å². The standard InChI is InChI=1S/C14H10Br3NO/c1-8-2-3-10(16)7-13(8)18-14(19)11-6-9(15)4-5-12(11)17/h2-7H,1H3,(H,18,19). The highest BCUT2D eigenvalue weighted by atomic mass is 79.9. The first-order valence-electron chi connectivity index (χ1n) is 5.50. The zero-order chi connectivity index (χ0) is 14.0. The predicted molar refractivity (Wildman–Crippen MR) is 88.7 cm³/mol. The van der Waals surface area contributed by atoms with Gasteiger partial charge in [-0.1, -0.05) is 37.9 Å². The molecule has 0 fully saturated rings. The first-order chi connectivity index (χ1) is 8.97. The van der Waals surface area contributed by atoms with Gasteiger partial charge in [0.1, 0.15) is 0 Å². The third kappa shape index (κ3) is 3.68. The van der Waals surface area contributed by atoms with Gasteiger partial charge in [0.15, 0.2) is 0 Å². The largest absolute Gasteiger partial charge is 0.322 e. The van der Waals surface area contributed by atoms with Gasteiger partial charge in [-0.2, -0.15) is 0 Å². The molecule has 2 nitrogen and oxygen atoms in total. The van der Waals surface area contributed by atoms with Gasteiger partial charge in [-0.3, -0.25) is 4.79 Å². The lowest BCUT2D eigenvalue weighted by Gasteiger charge is -2.10. The minimum absolute atomic E-state index is 0.144. The Bertz CT molecular complexity index is 641. The van der Waals surface area contributed by atoms with E-state index in [4.69, 9.17) is 0 Å². The highest BCUT2D eigenvalue weighted by Crippen LogP contribution is 2.25. The number of anilines is 1. The number of hydrogen-bond acceptors (Lipinski definition) is 1. The topological polar surface area (TPSA) is 29.1 Å². The fourth-order valence-electron chi connectivity index (χ4n) is 1.59. The van der Waals surface area contributed by atoms with Crippen molar-refractivity contribution in [1.29, 1.82) is 0 Å². The first kappa shape index (κ1) is 14.8. The molecule has 0 aliphatic carbocycles. The summed E-state index contributed by atoms with van der Waals surface area (Å²) < 4.78 is 2.56. The van der Waals surface area contributed by atoms with Crippen molar-refractivity contribution in [3.63, 3.8) is 0 Å². The maximum atomic E-state index is 12.3. The number of amides is 1. The van der Waals surface area contributed by atoms with Gasteiger partial charge in [-0.25, -0.2) is 0 Å². The summed E-state index contributed by atoms with van der Waals surface area (Å²) in [6.45, 7) is 1.96. The van der Waals surface area contributed by atoms with Gasteiger partial charge in [-0.15, -0.1) is 0 Å². The zero-order valence-electron chi connectivity index (χ0n) is 10.0. The lowest BCUT2D eigenvalue weighted by atomic mass is 10.1. The predicted octanol–water partition coefficient (Wildman–Crippen LogP) is 5.53. The molecule has 2 rings (SSSR count). The monoisotopic (exact) mass is 445 g/mol. The Labute approximate surface area is 137 Å². The van der Waals surface area contributed by atoms with Crippen LogP contribution in [0.1, 0.15) is 15.9 Å². The lowest BCUT2D eigenvalue weighted by molar-refractivity contribution is 0.102. The summed E-state index contributed by atoms with van der Waals surface area (Å²) in [4.78, 5) is 12.3. The number of rotatable bonds is 2. The third-order valence-corrected chi connectivity index (χ3v) is 4.30. The van der Waals surface area contributed by atoms with Crippen LogP contribution >= 0.6 is 47.8 Å². The summed E-state index contributed by atoms with van der Waals surface area (Å²) in [6, 6.07) is 11.3. The Kier molecular flexibility index (Phi) is 4.81. The average molecular weight is 448 g/mol. The SMILES string of the molecule is Cc1ccc(Br)cc1NC(=O)c1cc(Br)ccc1Br. The average Bonchev–Trinajstić information content (AvgIpc) is 2.36. The molecule has 0 aromatic heterocycles. The molecule has 0 aliphatic rings. The van der Waals surface area contributed by atoms with Gasteiger partial charge < -0.3 is 5.32 Å². The van der Waals surface area contributed by atoms with Crippen molar-refractivity contribution in [2.24, 2.45) is 0 Å². The van der Waals surface area contributed by atoms with E-state index in [0.29, 0.717) is 5.56 Å².